The van der Waals surface area contributed by atoms with Crippen LogP contribution in [0.15, 0.2) is 11.1 Å². The first kappa shape index (κ1) is 12.8. The second-order valence-corrected chi connectivity index (χ2v) is 4.62. The van der Waals surface area contributed by atoms with E-state index in [1.807, 2.05) is 20.8 Å². The average Bonchev–Trinajstić information content (AvgIpc) is 2.03. The zero-order valence-corrected chi connectivity index (χ0v) is 9.65. The molecule has 0 fully saturated rings. The van der Waals surface area contributed by atoms with E-state index in [2.05, 4.69) is 0 Å². The Morgan fingerprint density at radius 1 is 1.62 bits per heavy atom. The molecule has 0 spiro atoms. The standard InChI is InChI=1S/C9H15ClO2S/c1-6(2)8(9(11)12)13-5-7(3)4-10/h4,6,8H,5H2,1-3H3,(H,11,12). The molecule has 0 rings (SSSR count). The van der Waals surface area contributed by atoms with Gasteiger partial charge in [-0.05, 0) is 12.8 Å². The summed E-state index contributed by atoms with van der Waals surface area (Å²) in [5, 5.41) is 8.51. The summed E-state index contributed by atoms with van der Waals surface area (Å²) < 4.78 is 0. The largest absolute Gasteiger partial charge is 0.480 e. The highest BCUT2D eigenvalue weighted by molar-refractivity contribution is 8.00. The number of hydrogen-bond acceptors (Lipinski definition) is 2. The number of thioether (sulfide) groups is 1. The number of aliphatic carboxylic acids is 1. The van der Waals surface area contributed by atoms with Gasteiger partial charge in [-0.3, -0.25) is 4.79 Å². The molecule has 2 nitrogen and oxygen atoms in total. The van der Waals surface area contributed by atoms with E-state index < -0.39 is 5.97 Å². The predicted molar refractivity (Wildman–Crippen MR) is 58.3 cm³/mol. The summed E-state index contributed by atoms with van der Waals surface area (Å²) in [4.78, 5) is 10.8. The summed E-state index contributed by atoms with van der Waals surface area (Å²) in [6.45, 7) is 5.70. The van der Waals surface area contributed by atoms with Gasteiger partial charge < -0.3 is 5.11 Å². The lowest BCUT2D eigenvalue weighted by Gasteiger charge is -2.15. The van der Waals surface area contributed by atoms with Crippen molar-refractivity contribution in [1.29, 1.82) is 0 Å². The first-order valence-corrected chi connectivity index (χ1v) is 5.57. The minimum atomic E-state index is -0.748. The van der Waals surface area contributed by atoms with E-state index in [1.165, 1.54) is 17.3 Å². The van der Waals surface area contributed by atoms with Gasteiger partial charge in [0.2, 0.25) is 0 Å². The fourth-order valence-electron chi connectivity index (χ4n) is 0.802. The number of carbonyl (C=O) groups is 1. The Balaban J connectivity index is 4.05. The first-order chi connectivity index (χ1) is 5.99. The number of carboxylic acid groups (broad SMARTS) is 1. The molecule has 1 atom stereocenters. The van der Waals surface area contributed by atoms with Crippen LogP contribution in [0.5, 0.6) is 0 Å². The molecule has 13 heavy (non-hydrogen) atoms. The highest BCUT2D eigenvalue weighted by atomic mass is 35.5. The Morgan fingerprint density at radius 3 is 2.46 bits per heavy atom. The van der Waals surface area contributed by atoms with Gasteiger partial charge in [0.05, 0.1) is 0 Å². The smallest absolute Gasteiger partial charge is 0.316 e. The monoisotopic (exact) mass is 222 g/mol. The summed E-state index contributed by atoms with van der Waals surface area (Å²) in [6.07, 6.45) is 0. The van der Waals surface area contributed by atoms with Crippen LogP contribution in [0.4, 0.5) is 0 Å². The summed E-state index contributed by atoms with van der Waals surface area (Å²) in [7, 11) is 0. The van der Waals surface area contributed by atoms with Crippen LogP contribution in [0.2, 0.25) is 0 Å². The van der Waals surface area contributed by atoms with Crippen molar-refractivity contribution in [2.45, 2.75) is 26.0 Å². The average molecular weight is 223 g/mol. The van der Waals surface area contributed by atoms with Crippen molar-refractivity contribution in [3.63, 3.8) is 0 Å². The summed E-state index contributed by atoms with van der Waals surface area (Å²) >= 11 is 6.89. The van der Waals surface area contributed by atoms with Crippen LogP contribution >= 0.6 is 23.4 Å². The molecule has 0 bridgehead atoms. The van der Waals surface area contributed by atoms with Crippen LogP contribution < -0.4 is 0 Å². The molecule has 0 aliphatic rings. The molecule has 1 N–H and O–H groups in total. The van der Waals surface area contributed by atoms with Crippen LogP contribution in [0, 0.1) is 5.92 Å². The fraction of sp³-hybridized carbons (Fsp3) is 0.667. The normalized spacial score (nSPS) is 14.7. The highest BCUT2D eigenvalue weighted by Gasteiger charge is 2.21. The van der Waals surface area contributed by atoms with E-state index >= 15 is 0 Å². The third-order valence-electron chi connectivity index (χ3n) is 1.53. The Kier molecular flexibility index (Phi) is 6.25. The van der Waals surface area contributed by atoms with Crippen molar-refractivity contribution in [3.8, 4) is 0 Å². The molecule has 0 heterocycles. The third kappa shape index (κ3) is 5.21. The second-order valence-electron chi connectivity index (χ2n) is 3.27. The molecule has 0 amide bonds. The number of hydrogen-bond donors (Lipinski definition) is 1. The Hall–Kier alpha value is -0.150. The molecule has 0 saturated heterocycles. The van der Waals surface area contributed by atoms with Crippen molar-refractivity contribution in [2.75, 3.05) is 5.75 Å². The lowest BCUT2D eigenvalue weighted by Crippen LogP contribution is -2.23. The molecule has 0 saturated carbocycles. The third-order valence-corrected chi connectivity index (χ3v) is 3.63. The summed E-state index contributed by atoms with van der Waals surface area (Å²) in [6, 6.07) is 0. The number of carboxylic acids is 1. The quantitative estimate of drug-likeness (QED) is 0.777. The Labute approximate surface area is 88.4 Å². The SMILES string of the molecule is CC(=CCl)CSC(C(=O)O)C(C)C. The zero-order chi connectivity index (χ0) is 10.4. The van der Waals surface area contributed by atoms with Crippen LogP contribution in [0.3, 0.4) is 0 Å². The van der Waals surface area contributed by atoms with Crippen LogP contribution in [-0.4, -0.2) is 22.1 Å². The molecule has 4 heteroatoms. The van der Waals surface area contributed by atoms with E-state index in [4.69, 9.17) is 16.7 Å². The van der Waals surface area contributed by atoms with Crippen LogP contribution in [0.1, 0.15) is 20.8 Å². The van der Waals surface area contributed by atoms with Gasteiger partial charge in [-0.2, -0.15) is 0 Å². The van der Waals surface area contributed by atoms with Crippen molar-refractivity contribution in [3.05, 3.63) is 11.1 Å². The molecule has 0 aromatic rings. The van der Waals surface area contributed by atoms with Gasteiger partial charge in [-0.1, -0.05) is 31.0 Å². The fourth-order valence-corrected chi connectivity index (χ4v) is 2.02. The molecular formula is C9H15ClO2S. The maximum Gasteiger partial charge on any atom is 0.316 e. The van der Waals surface area contributed by atoms with Gasteiger partial charge in [0.25, 0.3) is 0 Å². The van der Waals surface area contributed by atoms with Crippen LogP contribution in [0.25, 0.3) is 0 Å². The molecule has 1 unspecified atom stereocenters. The highest BCUT2D eigenvalue weighted by Crippen LogP contribution is 2.22. The topological polar surface area (TPSA) is 37.3 Å². The number of rotatable bonds is 5. The van der Waals surface area contributed by atoms with E-state index in [-0.39, 0.29) is 11.2 Å². The molecular weight excluding hydrogens is 208 g/mol. The molecule has 0 aliphatic carbocycles. The zero-order valence-electron chi connectivity index (χ0n) is 8.08. The van der Waals surface area contributed by atoms with E-state index in [1.54, 1.807) is 0 Å². The molecule has 0 radical (unpaired) electrons. The van der Waals surface area contributed by atoms with Crippen molar-refractivity contribution < 1.29 is 9.90 Å². The lowest BCUT2D eigenvalue weighted by molar-refractivity contribution is -0.137. The predicted octanol–water partition coefficient (Wildman–Crippen LogP) is 2.97. The van der Waals surface area contributed by atoms with E-state index in [0.717, 1.165) is 5.57 Å². The van der Waals surface area contributed by atoms with E-state index in [0.29, 0.717) is 5.75 Å². The van der Waals surface area contributed by atoms with Gasteiger partial charge in [0, 0.05) is 11.3 Å². The molecule has 0 aromatic carbocycles. The maximum absolute atomic E-state index is 10.8. The first-order valence-electron chi connectivity index (χ1n) is 4.09. The number of halogens is 1. The van der Waals surface area contributed by atoms with Crippen molar-refractivity contribution in [2.24, 2.45) is 5.92 Å². The van der Waals surface area contributed by atoms with Gasteiger partial charge in [0.15, 0.2) is 0 Å². The Bertz CT molecular complexity index is 202. The summed E-state index contributed by atoms with van der Waals surface area (Å²) in [5.74, 6) is 0.0755. The van der Waals surface area contributed by atoms with Crippen LogP contribution in [-0.2, 0) is 4.79 Å². The molecule has 76 valence electrons. The lowest BCUT2D eigenvalue weighted by atomic mass is 10.1. The van der Waals surface area contributed by atoms with Gasteiger partial charge >= 0.3 is 5.97 Å². The van der Waals surface area contributed by atoms with Crippen molar-refractivity contribution >= 4 is 29.3 Å². The second kappa shape index (κ2) is 6.33. The van der Waals surface area contributed by atoms with Gasteiger partial charge in [-0.15, -0.1) is 11.8 Å². The molecule has 0 aliphatic heterocycles. The molecule has 0 aromatic heterocycles. The minimum absolute atomic E-state index is 0.144. The van der Waals surface area contributed by atoms with E-state index in [9.17, 15) is 4.79 Å². The summed E-state index contributed by atoms with van der Waals surface area (Å²) in [5.41, 5.74) is 2.49. The van der Waals surface area contributed by atoms with Gasteiger partial charge in [0.1, 0.15) is 5.25 Å². The maximum atomic E-state index is 10.8. The van der Waals surface area contributed by atoms with Crippen molar-refractivity contribution in [1.82, 2.24) is 0 Å². The minimum Gasteiger partial charge on any atom is -0.480 e. The van der Waals surface area contributed by atoms with Gasteiger partial charge in [-0.25, -0.2) is 0 Å². The Morgan fingerprint density at radius 2 is 2.15 bits per heavy atom.